The van der Waals surface area contributed by atoms with Crippen LogP contribution in [0.1, 0.15) is 24.0 Å². The second-order valence-corrected chi connectivity index (χ2v) is 5.93. The molecule has 0 heterocycles. The van der Waals surface area contributed by atoms with Gasteiger partial charge in [-0.3, -0.25) is 0 Å². The van der Waals surface area contributed by atoms with Crippen LogP contribution < -0.4 is 10.1 Å². The average Bonchev–Trinajstić information content (AvgIpc) is 2.67. The average molecular weight is 343 g/mol. The van der Waals surface area contributed by atoms with E-state index < -0.39 is 0 Å². The zero-order chi connectivity index (χ0) is 17.7. The van der Waals surface area contributed by atoms with Crippen molar-refractivity contribution < 1.29 is 14.6 Å². The van der Waals surface area contributed by atoms with E-state index in [0.29, 0.717) is 13.2 Å². The van der Waals surface area contributed by atoms with Crippen LogP contribution in [0.5, 0.6) is 5.75 Å². The van der Waals surface area contributed by atoms with E-state index in [1.807, 2.05) is 37.3 Å². The Morgan fingerprint density at radius 2 is 1.76 bits per heavy atom. The zero-order valence-corrected chi connectivity index (χ0v) is 15.0. The molecule has 0 fully saturated rings. The van der Waals surface area contributed by atoms with Crippen molar-refractivity contribution in [2.45, 2.75) is 19.3 Å². The van der Waals surface area contributed by atoms with Gasteiger partial charge in [-0.15, -0.1) is 0 Å². The van der Waals surface area contributed by atoms with Crippen LogP contribution >= 0.6 is 0 Å². The first-order chi connectivity index (χ1) is 12.3. The van der Waals surface area contributed by atoms with Gasteiger partial charge in [0, 0.05) is 19.1 Å². The molecule has 0 bridgehead atoms. The highest BCUT2D eigenvalue weighted by Gasteiger charge is 2.09. The van der Waals surface area contributed by atoms with Gasteiger partial charge < -0.3 is 19.9 Å². The summed E-state index contributed by atoms with van der Waals surface area (Å²) in [5, 5.41) is 13.0. The van der Waals surface area contributed by atoms with E-state index in [1.54, 1.807) is 0 Å². The van der Waals surface area contributed by atoms with E-state index in [2.05, 4.69) is 29.6 Å². The lowest BCUT2D eigenvalue weighted by molar-refractivity contribution is 0.110. The summed E-state index contributed by atoms with van der Waals surface area (Å²) in [6, 6.07) is 18.3. The van der Waals surface area contributed by atoms with Crippen LogP contribution in [0.2, 0.25) is 0 Å². The molecule has 4 heteroatoms. The van der Waals surface area contributed by atoms with Gasteiger partial charge in [0.05, 0.1) is 13.2 Å². The Morgan fingerprint density at radius 3 is 2.44 bits per heavy atom. The fraction of sp³-hybridized carbons (Fsp3) is 0.429. The van der Waals surface area contributed by atoms with Gasteiger partial charge in [0.25, 0.3) is 0 Å². The van der Waals surface area contributed by atoms with Crippen LogP contribution in [0, 0.1) is 0 Å². The summed E-state index contributed by atoms with van der Waals surface area (Å²) in [6.07, 6.45) is 0.951. The second-order valence-electron chi connectivity index (χ2n) is 5.93. The molecule has 2 N–H and O–H groups in total. The van der Waals surface area contributed by atoms with Crippen molar-refractivity contribution >= 4 is 0 Å². The quantitative estimate of drug-likeness (QED) is 0.582. The van der Waals surface area contributed by atoms with E-state index >= 15 is 0 Å². The molecule has 0 aliphatic heterocycles. The molecular formula is C21H29NO3. The highest BCUT2D eigenvalue weighted by molar-refractivity contribution is 5.27. The van der Waals surface area contributed by atoms with Gasteiger partial charge in [-0.1, -0.05) is 42.5 Å². The van der Waals surface area contributed by atoms with Crippen molar-refractivity contribution in [2.24, 2.45) is 0 Å². The van der Waals surface area contributed by atoms with E-state index in [4.69, 9.17) is 9.47 Å². The maximum atomic E-state index is 9.57. The van der Waals surface area contributed by atoms with Crippen molar-refractivity contribution in [2.75, 3.05) is 39.5 Å². The highest BCUT2D eigenvalue weighted by Crippen LogP contribution is 2.14. The monoisotopic (exact) mass is 343 g/mol. The van der Waals surface area contributed by atoms with Crippen LogP contribution in [0.15, 0.2) is 54.6 Å². The Labute approximate surface area is 150 Å². The second kappa shape index (κ2) is 11.6. The summed E-state index contributed by atoms with van der Waals surface area (Å²) in [6.45, 7) is 5.71. The number of aliphatic hydroxyl groups is 1. The topological polar surface area (TPSA) is 50.7 Å². The van der Waals surface area contributed by atoms with Crippen molar-refractivity contribution in [3.05, 3.63) is 65.7 Å². The van der Waals surface area contributed by atoms with Crippen molar-refractivity contribution in [3.63, 3.8) is 0 Å². The lowest BCUT2D eigenvalue weighted by Gasteiger charge is -2.15. The maximum absolute atomic E-state index is 9.57. The molecule has 0 aromatic heterocycles. The molecule has 2 aromatic carbocycles. The molecular weight excluding hydrogens is 314 g/mol. The predicted molar refractivity (Wildman–Crippen MR) is 101 cm³/mol. The smallest absolute Gasteiger partial charge is 0.119 e. The Bertz CT molecular complexity index is 571. The Balaban J connectivity index is 1.67. The molecule has 4 nitrogen and oxygen atoms in total. The summed E-state index contributed by atoms with van der Waals surface area (Å²) in [7, 11) is 0. The lowest BCUT2D eigenvalue weighted by atomic mass is 10.00. The zero-order valence-electron chi connectivity index (χ0n) is 15.0. The fourth-order valence-electron chi connectivity index (χ4n) is 2.64. The van der Waals surface area contributed by atoms with Crippen LogP contribution in [0.25, 0.3) is 0 Å². The molecule has 0 aliphatic carbocycles. The van der Waals surface area contributed by atoms with Crippen LogP contribution in [0.3, 0.4) is 0 Å². The van der Waals surface area contributed by atoms with Gasteiger partial charge in [-0.25, -0.2) is 0 Å². The van der Waals surface area contributed by atoms with E-state index in [1.165, 1.54) is 11.1 Å². The minimum absolute atomic E-state index is 0.141. The molecule has 0 unspecified atom stereocenters. The number of benzene rings is 2. The number of hydrogen-bond donors (Lipinski definition) is 2. The first-order valence-corrected chi connectivity index (χ1v) is 8.99. The van der Waals surface area contributed by atoms with E-state index in [0.717, 1.165) is 31.9 Å². The molecule has 0 saturated heterocycles. The van der Waals surface area contributed by atoms with Gasteiger partial charge in [-0.05, 0) is 43.1 Å². The standard InChI is InChI=1S/C21H29NO3/c1-2-24-14-15-25-21-10-8-18(9-11-21)12-13-22-16-20(17-23)19-6-4-3-5-7-19/h3-11,20,22-23H,2,12-17H2,1H3/t20-/m0/s1. The summed E-state index contributed by atoms with van der Waals surface area (Å²) >= 11 is 0. The molecule has 25 heavy (non-hydrogen) atoms. The van der Waals surface area contributed by atoms with Gasteiger partial charge >= 0.3 is 0 Å². The minimum Gasteiger partial charge on any atom is -0.491 e. The van der Waals surface area contributed by atoms with E-state index in [9.17, 15) is 5.11 Å². The largest absolute Gasteiger partial charge is 0.491 e. The predicted octanol–water partition coefficient (Wildman–Crippen LogP) is 3.01. The van der Waals surface area contributed by atoms with Gasteiger partial charge in [0.2, 0.25) is 0 Å². The molecule has 2 rings (SSSR count). The molecule has 0 saturated carbocycles. The van der Waals surface area contributed by atoms with Gasteiger partial charge in [-0.2, -0.15) is 0 Å². The molecule has 2 aromatic rings. The van der Waals surface area contributed by atoms with Crippen LogP contribution in [-0.2, 0) is 11.2 Å². The minimum atomic E-state index is 0.141. The van der Waals surface area contributed by atoms with Crippen molar-refractivity contribution in [3.8, 4) is 5.75 Å². The molecule has 0 aliphatic rings. The maximum Gasteiger partial charge on any atom is 0.119 e. The van der Waals surface area contributed by atoms with Crippen LogP contribution in [-0.4, -0.2) is 44.6 Å². The molecule has 0 amide bonds. The first-order valence-electron chi connectivity index (χ1n) is 8.99. The van der Waals surface area contributed by atoms with Crippen molar-refractivity contribution in [1.29, 1.82) is 0 Å². The number of aliphatic hydroxyl groups excluding tert-OH is 1. The summed E-state index contributed by atoms with van der Waals surface area (Å²) < 4.78 is 10.9. The molecule has 1 atom stereocenters. The summed E-state index contributed by atoms with van der Waals surface area (Å²) in [5.74, 6) is 1.02. The highest BCUT2D eigenvalue weighted by atomic mass is 16.5. The third kappa shape index (κ3) is 7.26. The first kappa shape index (κ1) is 19.4. The Kier molecular flexibility index (Phi) is 9.05. The van der Waals surface area contributed by atoms with Gasteiger partial charge in [0.1, 0.15) is 12.4 Å². The lowest BCUT2D eigenvalue weighted by Crippen LogP contribution is -2.25. The number of rotatable bonds is 12. The number of hydrogen-bond acceptors (Lipinski definition) is 4. The van der Waals surface area contributed by atoms with E-state index in [-0.39, 0.29) is 12.5 Å². The molecule has 0 radical (unpaired) electrons. The van der Waals surface area contributed by atoms with Gasteiger partial charge in [0.15, 0.2) is 0 Å². The number of ether oxygens (including phenoxy) is 2. The SMILES string of the molecule is CCOCCOc1ccc(CCNC[C@@H](CO)c2ccccc2)cc1. The Morgan fingerprint density at radius 1 is 1.00 bits per heavy atom. The third-order valence-electron chi connectivity index (χ3n) is 4.10. The van der Waals surface area contributed by atoms with Crippen LogP contribution in [0.4, 0.5) is 0 Å². The number of nitrogens with one attached hydrogen (secondary N) is 1. The summed E-state index contributed by atoms with van der Waals surface area (Å²) in [4.78, 5) is 0. The summed E-state index contributed by atoms with van der Waals surface area (Å²) in [5.41, 5.74) is 2.44. The molecule has 136 valence electrons. The van der Waals surface area contributed by atoms with Crippen molar-refractivity contribution in [1.82, 2.24) is 5.32 Å². The third-order valence-corrected chi connectivity index (χ3v) is 4.10. The fourth-order valence-corrected chi connectivity index (χ4v) is 2.64. The molecule has 0 spiro atoms. The normalized spacial score (nSPS) is 12.1. The Hall–Kier alpha value is -1.88.